The Hall–Kier alpha value is -4.53. The van der Waals surface area contributed by atoms with Crippen molar-refractivity contribution >= 4 is 28.5 Å². The lowest BCUT2D eigenvalue weighted by atomic mass is 9.78. The zero-order chi connectivity index (χ0) is 27.0. The third kappa shape index (κ3) is 4.63. The molecule has 0 amide bonds. The fraction of sp³-hybridized carbons (Fsp3) is 0.276. The minimum Gasteiger partial charge on any atom is -0.500 e. The molecule has 38 heavy (non-hydrogen) atoms. The van der Waals surface area contributed by atoms with Gasteiger partial charge in [-0.15, -0.1) is 0 Å². The number of hydrogen-bond donors (Lipinski definition) is 3. The van der Waals surface area contributed by atoms with Gasteiger partial charge in [-0.25, -0.2) is 0 Å². The summed E-state index contributed by atoms with van der Waals surface area (Å²) in [6.07, 6.45) is 0.919. The van der Waals surface area contributed by atoms with Gasteiger partial charge in [0.1, 0.15) is 0 Å². The van der Waals surface area contributed by atoms with Crippen LogP contribution in [0.4, 0.5) is 22.7 Å². The van der Waals surface area contributed by atoms with Crippen LogP contribution in [0.15, 0.2) is 71.9 Å². The average Bonchev–Trinajstić information content (AvgIpc) is 3.07. The number of nitro benzene ring substituents is 1. The predicted molar refractivity (Wildman–Crippen MR) is 147 cm³/mol. The summed E-state index contributed by atoms with van der Waals surface area (Å²) in [5, 5.41) is 29.1. The van der Waals surface area contributed by atoms with E-state index in [-0.39, 0.29) is 24.1 Å². The number of aromatic hydroxyl groups is 1. The van der Waals surface area contributed by atoms with Crippen molar-refractivity contribution in [3.8, 4) is 11.5 Å². The largest absolute Gasteiger partial charge is 0.500 e. The van der Waals surface area contributed by atoms with Gasteiger partial charge >= 0.3 is 5.69 Å². The molecule has 2 aliphatic rings. The maximum absolute atomic E-state index is 13.8. The molecule has 0 radical (unpaired) electrons. The van der Waals surface area contributed by atoms with Crippen LogP contribution >= 0.6 is 0 Å². The molecule has 2 unspecified atom stereocenters. The van der Waals surface area contributed by atoms with Gasteiger partial charge < -0.3 is 25.4 Å². The van der Waals surface area contributed by atoms with Crippen LogP contribution in [0.2, 0.25) is 0 Å². The van der Waals surface area contributed by atoms with Crippen molar-refractivity contribution in [2.24, 2.45) is 0 Å². The van der Waals surface area contributed by atoms with E-state index in [1.165, 1.54) is 6.07 Å². The van der Waals surface area contributed by atoms with Crippen LogP contribution in [-0.2, 0) is 4.79 Å². The van der Waals surface area contributed by atoms with Crippen molar-refractivity contribution in [3.63, 3.8) is 0 Å². The quantitative estimate of drug-likeness (QED) is 0.281. The highest BCUT2D eigenvalue weighted by atomic mass is 16.6. The Balaban J connectivity index is 1.62. The molecule has 1 heterocycles. The lowest BCUT2D eigenvalue weighted by molar-refractivity contribution is -0.386. The Morgan fingerprint density at radius 3 is 2.42 bits per heavy atom. The minimum absolute atomic E-state index is 0.00765. The Morgan fingerprint density at radius 1 is 1.05 bits per heavy atom. The maximum atomic E-state index is 13.8. The van der Waals surface area contributed by atoms with E-state index in [9.17, 15) is 20.0 Å². The highest BCUT2D eigenvalue weighted by Crippen LogP contribution is 2.47. The second-order valence-corrected chi connectivity index (χ2v) is 9.73. The number of phenolic OH excluding ortho intramolecular Hbond substituents is 1. The number of allylic oxidation sites excluding steroid dienone is 1. The van der Waals surface area contributed by atoms with Crippen molar-refractivity contribution in [1.29, 1.82) is 0 Å². The van der Waals surface area contributed by atoms with E-state index in [2.05, 4.69) is 34.9 Å². The summed E-state index contributed by atoms with van der Waals surface area (Å²) in [5.41, 5.74) is 5.05. The topological polar surface area (TPSA) is 117 Å². The SMILES string of the molecule is CCOc1cc(C2Nc3ccccc3NC3=C2C(=O)CC(c2ccc(N(C)C)cc2)C3)cc([N+](=O)[O-])c1O. The molecule has 2 atom stereocenters. The number of anilines is 3. The minimum atomic E-state index is -0.677. The third-order valence-electron chi connectivity index (χ3n) is 7.10. The standard InChI is InChI=1S/C29H30N4O5/c1-4-38-26-16-19(14-24(29(26)35)33(36)37)28-27-23(30-21-7-5-6-8-22(21)31-28)13-18(15-25(27)34)17-9-11-20(12-10-17)32(2)3/h5-12,14,16,18,28,30-31,35H,4,13,15H2,1-3H3. The van der Waals surface area contributed by atoms with Gasteiger partial charge in [0.2, 0.25) is 5.75 Å². The molecule has 1 aliphatic carbocycles. The highest BCUT2D eigenvalue weighted by Gasteiger charge is 2.37. The van der Waals surface area contributed by atoms with Crippen molar-refractivity contribution in [2.45, 2.75) is 31.7 Å². The number of carbonyl (C=O) groups is 1. The number of ketones is 1. The van der Waals surface area contributed by atoms with E-state index in [1.54, 1.807) is 13.0 Å². The number of nitro groups is 1. The summed E-state index contributed by atoms with van der Waals surface area (Å²) in [6.45, 7) is 1.95. The molecule has 3 N–H and O–H groups in total. The van der Waals surface area contributed by atoms with Gasteiger partial charge in [-0.2, -0.15) is 0 Å². The lowest BCUT2D eigenvalue weighted by Gasteiger charge is -2.30. The van der Waals surface area contributed by atoms with Crippen LogP contribution in [0.5, 0.6) is 11.5 Å². The molecule has 1 aliphatic heterocycles. The molecule has 0 aromatic heterocycles. The fourth-order valence-electron chi connectivity index (χ4n) is 5.21. The van der Waals surface area contributed by atoms with Crippen LogP contribution in [0.3, 0.4) is 0 Å². The van der Waals surface area contributed by atoms with E-state index >= 15 is 0 Å². The van der Waals surface area contributed by atoms with Gasteiger partial charge in [0.15, 0.2) is 11.5 Å². The van der Waals surface area contributed by atoms with Crippen molar-refractivity contribution in [1.82, 2.24) is 0 Å². The van der Waals surface area contributed by atoms with Gasteiger partial charge in [-0.1, -0.05) is 24.3 Å². The Bertz CT molecular complexity index is 1430. The van der Waals surface area contributed by atoms with Crippen molar-refractivity contribution < 1.29 is 19.6 Å². The second kappa shape index (κ2) is 10.1. The van der Waals surface area contributed by atoms with Crippen molar-refractivity contribution in [2.75, 3.05) is 36.2 Å². The summed E-state index contributed by atoms with van der Waals surface area (Å²) in [5.74, 6) is -0.574. The molecule has 0 bridgehead atoms. The van der Waals surface area contributed by atoms with Gasteiger partial charge in [0.25, 0.3) is 0 Å². The Morgan fingerprint density at radius 2 is 1.76 bits per heavy atom. The van der Waals surface area contributed by atoms with Gasteiger partial charge in [-0.05, 0) is 60.7 Å². The van der Waals surface area contributed by atoms with Crippen molar-refractivity contribution in [3.05, 3.63) is 93.2 Å². The third-order valence-corrected chi connectivity index (χ3v) is 7.10. The van der Waals surface area contributed by atoms with Crippen LogP contribution < -0.4 is 20.3 Å². The molecule has 9 heteroatoms. The number of para-hydroxylation sites is 2. The first-order chi connectivity index (χ1) is 18.3. The summed E-state index contributed by atoms with van der Waals surface area (Å²) in [6, 6.07) is 18.1. The molecule has 0 spiro atoms. The van der Waals surface area contributed by atoms with Crippen LogP contribution in [0, 0.1) is 10.1 Å². The van der Waals surface area contributed by atoms with Gasteiger partial charge in [0.05, 0.1) is 28.9 Å². The molecule has 9 nitrogen and oxygen atoms in total. The predicted octanol–water partition coefficient (Wildman–Crippen LogP) is 5.74. The number of nitrogens with one attached hydrogen (secondary N) is 2. The zero-order valence-electron chi connectivity index (χ0n) is 21.5. The lowest BCUT2D eigenvalue weighted by Crippen LogP contribution is -2.27. The number of ether oxygens (including phenoxy) is 1. The van der Waals surface area contributed by atoms with E-state index in [0.29, 0.717) is 24.0 Å². The highest BCUT2D eigenvalue weighted by molar-refractivity contribution is 6.01. The first kappa shape index (κ1) is 25.1. The smallest absolute Gasteiger partial charge is 0.315 e. The summed E-state index contributed by atoms with van der Waals surface area (Å²) >= 11 is 0. The van der Waals surface area contributed by atoms with E-state index < -0.39 is 22.4 Å². The molecule has 3 aromatic carbocycles. The zero-order valence-corrected chi connectivity index (χ0v) is 21.5. The summed E-state index contributed by atoms with van der Waals surface area (Å²) < 4.78 is 5.52. The Labute approximate surface area is 220 Å². The number of Topliss-reactive ketones (excluding diaryl/α,β-unsaturated/α-hetero) is 1. The number of nitrogens with zero attached hydrogens (tertiary/aromatic N) is 2. The fourth-order valence-corrected chi connectivity index (χ4v) is 5.21. The van der Waals surface area contributed by atoms with E-state index in [4.69, 9.17) is 4.74 Å². The maximum Gasteiger partial charge on any atom is 0.315 e. The average molecular weight is 515 g/mol. The first-order valence-corrected chi connectivity index (χ1v) is 12.6. The molecule has 5 rings (SSSR count). The van der Waals surface area contributed by atoms with E-state index in [1.807, 2.05) is 43.3 Å². The molecular weight excluding hydrogens is 484 g/mol. The first-order valence-electron chi connectivity index (χ1n) is 12.6. The summed E-state index contributed by atoms with van der Waals surface area (Å²) in [7, 11) is 3.97. The van der Waals surface area contributed by atoms with Crippen LogP contribution in [0.25, 0.3) is 0 Å². The number of fused-ring (bicyclic) bond motifs is 1. The molecule has 196 valence electrons. The van der Waals surface area contributed by atoms with Gasteiger partial charge in [-0.3, -0.25) is 14.9 Å². The van der Waals surface area contributed by atoms with Crippen LogP contribution in [0.1, 0.15) is 42.9 Å². The number of hydrogen-bond acceptors (Lipinski definition) is 8. The number of phenols is 1. The van der Waals surface area contributed by atoms with Crippen LogP contribution in [-0.4, -0.2) is 36.5 Å². The van der Waals surface area contributed by atoms with Gasteiger partial charge in [0, 0.05) is 43.5 Å². The number of benzene rings is 3. The molecule has 3 aromatic rings. The molecule has 0 fully saturated rings. The molecule has 0 saturated carbocycles. The molecular formula is C29H30N4O5. The van der Waals surface area contributed by atoms with E-state index in [0.717, 1.165) is 28.3 Å². The number of rotatable bonds is 6. The Kier molecular flexibility index (Phi) is 6.67. The monoisotopic (exact) mass is 514 g/mol. The normalized spacial score (nSPS) is 18.4. The number of carbonyl (C=O) groups excluding carboxylic acids is 1. The second-order valence-electron chi connectivity index (χ2n) is 9.73. The molecule has 0 saturated heterocycles. The summed E-state index contributed by atoms with van der Waals surface area (Å²) in [4.78, 5) is 27.0.